The summed E-state index contributed by atoms with van der Waals surface area (Å²) in [6.07, 6.45) is 1.86. The lowest BCUT2D eigenvalue weighted by Gasteiger charge is -2.09. The highest BCUT2D eigenvalue weighted by Gasteiger charge is 2.10. The van der Waals surface area contributed by atoms with E-state index in [-0.39, 0.29) is 5.82 Å². The van der Waals surface area contributed by atoms with Gasteiger partial charge in [-0.05, 0) is 32.0 Å². The zero-order valence-electron chi connectivity index (χ0n) is 9.67. The van der Waals surface area contributed by atoms with E-state index in [2.05, 4.69) is 10.3 Å². The van der Waals surface area contributed by atoms with Crippen LogP contribution < -0.4 is 5.32 Å². The Bertz CT molecular complexity index is 537. The molecule has 1 aromatic carbocycles. The van der Waals surface area contributed by atoms with Crippen molar-refractivity contribution in [2.75, 3.05) is 11.9 Å². The molecule has 0 spiro atoms. The molecule has 1 aromatic heterocycles. The SMILES string of the molecule is CCNc1nc(C)cn1-c1ccc(F)cc1Cl. The normalized spacial score (nSPS) is 10.6. The van der Waals surface area contributed by atoms with Crippen LogP contribution >= 0.6 is 11.6 Å². The number of aromatic nitrogens is 2. The summed E-state index contributed by atoms with van der Waals surface area (Å²) in [6.45, 7) is 4.64. The number of halogens is 2. The first-order valence-electron chi connectivity index (χ1n) is 5.37. The maximum absolute atomic E-state index is 13.0. The Morgan fingerprint density at radius 3 is 2.88 bits per heavy atom. The fourth-order valence-corrected chi connectivity index (χ4v) is 1.90. The van der Waals surface area contributed by atoms with Gasteiger partial charge in [-0.2, -0.15) is 0 Å². The van der Waals surface area contributed by atoms with Crippen molar-refractivity contribution in [2.24, 2.45) is 0 Å². The van der Waals surface area contributed by atoms with Gasteiger partial charge in [-0.3, -0.25) is 4.57 Å². The highest BCUT2D eigenvalue weighted by molar-refractivity contribution is 6.32. The van der Waals surface area contributed by atoms with Crippen LogP contribution in [0.1, 0.15) is 12.6 Å². The van der Waals surface area contributed by atoms with E-state index in [4.69, 9.17) is 11.6 Å². The molecule has 0 unspecified atom stereocenters. The molecule has 0 aliphatic rings. The molecule has 0 bridgehead atoms. The van der Waals surface area contributed by atoms with Crippen molar-refractivity contribution in [3.63, 3.8) is 0 Å². The number of hydrogen-bond acceptors (Lipinski definition) is 2. The van der Waals surface area contributed by atoms with E-state index in [0.717, 1.165) is 12.2 Å². The quantitative estimate of drug-likeness (QED) is 0.909. The van der Waals surface area contributed by atoms with Crippen molar-refractivity contribution in [3.8, 4) is 5.69 Å². The first-order chi connectivity index (χ1) is 8.11. The third kappa shape index (κ3) is 2.42. The fourth-order valence-electron chi connectivity index (χ4n) is 1.64. The van der Waals surface area contributed by atoms with Crippen molar-refractivity contribution < 1.29 is 4.39 Å². The predicted molar refractivity (Wildman–Crippen MR) is 67.4 cm³/mol. The van der Waals surface area contributed by atoms with E-state index in [1.165, 1.54) is 12.1 Å². The molecule has 3 nitrogen and oxygen atoms in total. The van der Waals surface area contributed by atoms with Crippen LogP contribution in [-0.4, -0.2) is 16.1 Å². The molecule has 0 saturated heterocycles. The molecule has 0 saturated carbocycles. The Kier molecular flexibility index (Phi) is 3.33. The average Bonchev–Trinajstić information content (AvgIpc) is 2.60. The molecule has 2 aromatic rings. The van der Waals surface area contributed by atoms with Crippen LogP contribution in [0.25, 0.3) is 5.69 Å². The molecule has 0 aliphatic heterocycles. The Labute approximate surface area is 104 Å². The summed E-state index contributed by atoms with van der Waals surface area (Å²) in [4.78, 5) is 4.34. The average molecular weight is 254 g/mol. The minimum atomic E-state index is -0.347. The highest BCUT2D eigenvalue weighted by atomic mass is 35.5. The van der Waals surface area contributed by atoms with Crippen molar-refractivity contribution in [1.29, 1.82) is 0 Å². The second-order valence-electron chi connectivity index (χ2n) is 3.70. The molecule has 5 heteroatoms. The summed E-state index contributed by atoms with van der Waals surface area (Å²) in [7, 11) is 0. The zero-order valence-corrected chi connectivity index (χ0v) is 10.4. The maximum atomic E-state index is 13.0. The van der Waals surface area contributed by atoms with Gasteiger partial charge in [0.25, 0.3) is 0 Å². The van der Waals surface area contributed by atoms with Gasteiger partial charge in [-0.15, -0.1) is 0 Å². The first-order valence-corrected chi connectivity index (χ1v) is 5.75. The van der Waals surface area contributed by atoms with E-state index in [9.17, 15) is 4.39 Å². The van der Waals surface area contributed by atoms with Gasteiger partial charge < -0.3 is 5.32 Å². The predicted octanol–water partition coefficient (Wildman–Crippen LogP) is 3.41. The van der Waals surface area contributed by atoms with Gasteiger partial charge in [0, 0.05) is 12.7 Å². The van der Waals surface area contributed by atoms with E-state index in [1.54, 1.807) is 6.07 Å². The van der Waals surface area contributed by atoms with Crippen molar-refractivity contribution >= 4 is 17.5 Å². The zero-order chi connectivity index (χ0) is 12.4. The smallest absolute Gasteiger partial charge is 0.207 e. The van der Waals surface area contributed by atoms with Crippen LogP contribution in [0, 0.1) is 12.7 Å². The largest absolute Gasteiger partial charge is 0.356 e. The summed E-state index contributed by atoms with van der Waals surface area (Å²) >= 11 is 6.03. The molecule has 1 N–H and O–H groups in total. The molecule has 1 heterocycles. The number of benzene rings is 1. The fraction of sp³-hybridized carbons (Fsp3) is 0.250. The molecular formula is C12H13ClFN3. The summed E-state index contributed by atoms with van der Waals surface area (Å²) in [6, 6.07) is 4.31. The van der Waals surface area contributed by atoms with Gasteiger partial charge in [0.1, 0.15) is 5.82 Å². The molecule has 0 amide bonds. The van der Waals surface area contributed by atoms with E-state index >= 15 is 0 Å². The topological polar surface area (TPSA) is 29.9 Å². The minimum Gasteiger partial charge on any atom is -0.356 e. The number of anilines is 1. The Hall–Kier alpha value is -1.55. The first kappa shape index (κ1) is 11.9. The second kappa shape index (κ2) is 4.75. The standard InChI is InChI=1S/C12H13ClFN3/c1-3-15-12-16-8(2)7-17(12)11-5-4-9(14)6-10(11)13/h4-7H,3H2,1-2H3,(H,15,16). The van der Waals surface area contributed by atoms with E-state index in [1.807, 2.05) is 24.6 Å². The molecular weight excluding hydrogens is 241 g/mol. The third-order valence-corrected chi connectivity index (χ3v) is 2.63. The summed E-state index contributed by atoms with van der Waals surface area (Å²) in [5.41, 5.74) is 1.59. The Morgan fingerprint density at radius 1 is 1.47 bits per heavy atom. The Morgan fingerprint density at radius 2 is 2.24 bits per heavy atom. The van der Waals surface area contributed by atoms with Gasteiger partial charge in [0.05, 0.1) is 16.4 Å². The molecule has 0 atom stereocenters. The van der Waals surface area contributed by atoms with Gasteiger partial charge in [0.15, 0.2) is 0 Å². The van der Waals surface area contributed by atoms with Crippen molar-refractivity contribution in [2.45, 2.75) is 13.8 Å². The van der Waals surface area contributed by atoms with Crippen LogP contribution in [0.15, 0.2) is 24.4 Å². The Balaban J connectivity index is 2.51. The van der Waals surface area contributed by atoms with Crippen molar-refractivity contribution in [3.05, 3.63) is 40.9 Å². The number of aryl methyl sites for hydroxylation is 1. The number of rotatable bonds is 3. The highest BCUT2D eigenvalue weighted by Crippen LogP contribution is 2.25. The number of nitrogens with one attached hydrogen (secondary N) is 1. The van der Waals surface area contributed by atoms with Gasteiger partial charge in [0.2, 0.25) is 5.95 Å². The number of hydrogen-bond donors (Lipinski definition) is 1. The van der Waals surface area contributed by atoms with Crippen LogP contribution in [0.3, 0.4) is 0 Å². The minimum absolute atomic E-state index is 0.347. The molecule has 0 radical (unpaired) electrons. The molecule has 17 heavy (non-hydrogen) atoms. The van der Waals surface area contributed by atoms with Gasteiger partial charge >= 0.3 is 0 Å². The lowest BCUT2D eigenvalue weighted by Crippen LogP contribution is -2.05. The number of imidazole rings is 1. The van der Waals surface area contributed by atoms with Crippen LogP contribution in [0.5, 0.6) is 0 Å². The third-order valence-electron chi connectivity index (χ3n) is 2.33. The van der Waals surface area contributed by atoms with Crippen molar-refractivity contribution in [1.82, 2.24) is 9.55 Å². The monoisotopic (exact) mass is 253 g/mol. The second-order valence-corrected chi connectivity index (χ2v) is 4.11. The molecule has 2 rings (SSSR count). The van der Waals surface area contributed by atoms with Crippen LogP contribution in [0.4, 0.5) is 10.3 Å². The molecule has 90 valence electrons. The summed E-state index contributed by atoms with van der Waals surface area (Å²) in [5, 5.41) is 3.50. The van der Waals surface area contributed by atoms with Crippen LogP contribution in [-0.2, 0) is 0 Å². The summed E-state index contributed by atoms with van der Waals surface area (Å²) in [5.74, 6) is 0.360. The number of nitrogens with zero attached hydrogens (tertiary/aromatic N) is 2. The molecule has 0 fully saturated rings. The van der Waals surface area contributed by atoms with E-state index < -0.39 is 0 Å². The lowest BCUT2D eigenvalue weighted by molar-refractivity contribution is 0.627. The lowest BCUT2D eigenvalue weighted by atomic mass is 10.3. The summed E-state index contributed by atoms with van der Waals surface area (Å²) < 4.78 is 14.8. The molecule has 0 aliphatic carbocycles. The van der Waals surface area contributed by atoms with Crippen LogP contribution in [0.2, 0.25) is 5.02 Å². The van der Waals surface area contributed by atoms with Gasteiger partial charge in [-0.25, -0.2) is 9.37 Å². The maximum Gasteiger partial charge on any atom is 0.207 e. The van der Waals surface area contributed by atoms with Gasteiger partial charge in [-0.1, -0.05) is 11.6 Å². The van der Waals surface area contributed by atoms with E-state index in [0.29, 0.717) is 16.7 Å².